The molecule has 0 saturated carbocycles. The Morgan fingerprint density at radius 1 is 1.37 bits per heavy atom. The van der Waals surface area contributed by atoms with Crippen LogP contribution in [0, 0.1) is 11.7 Å². The van der Waals surface area contributed by atoms with Gasteiger partial charge in [-0.15, -0.1) is 0 Å². The summed E-state index contributed by atoms with van der Waals surface area (Å²) < 4.78 is 24.5. The van der Waals surface area contributed by atoms with Crippen molar-refractivity contribution in [2.75, 3.05) is 59.5 Å². The number of aliphatic imine (C=N–C) groups is 1. The van der Waals surface area contributed by atoms with E-state index in [0.717, 1.165) is 51.9 Å². The van der Waals surface area contributed by atoms with Gasteiger partial charge in [-0.2, -0.15) is 0 Å². The monoisotopic (exact) mass is 378 g/mol. The minimum Gasteiger partial charge on any atom is -0.489 e. The summed E-state index contributed by atoms with van der Waals surface area (Å²) in [7, 11) is 1.82. The van der Waals surface area contributed by atoms with Crippen molar-refractivity contribution in [3.05, 3.63) is 30.1 Å². The van der Waals surface area contributed by atoms with Gasteiger partial charge in [-0.25, -0.2) is 4.39 Å². The van der Waals surface area contributed by atoms with Crippen LogP contribution in [-0.2, 0) is 4.74 Å². The molecule has 0 spiro atoms. The van der Waals surface area contributed by atoms with Crippen molar-refractivity contribution >= 4 is 5.96 Å². The van der Waals surface area contributed by atoms with Crippen LogP contribution in [0.3, 0.4) is 0 Å². The highest BCUT2D eigenvalue weighted by Gasteiger charge is 2.27. The maximum atomic E-state index is 13.3. The highest BCUT2D eigenvalue weighted by Crippen LogP contribution is 2.18. The predicted octanol–water partition coefficient (Wildman–Crippen LogP) is 1.82. The SMILES string of the molecule is CN=C(NCC(C)Oc1cccc(F)c1)N1CCC(CN2CCOCC2)C1. The molecule has 3 rings (SSSR count). The summed E-state index contributed by atoms with van der Waals surface area (Å²) in [6, 6.07) is 6.24. The zero-order valence-corrected chi connectivity index (χ0v) is 16.4. The van der Waals surface area contributed by atoms with Crippen LogP contribution in [0.15, 0.2) is 29.3 Å². The molecule has 1 aromatic carbocycles. The van der Waals surface area contributed by atoms with Gasteiger partial charge in [-0.3, -0.25) is 9.89 Å². The number of halogens is 1. The second kappa shape index (κ2) is 9.90. The molecular weight excluding hydrogens is 347 g/mol. The van der Waals surface area contributed by atoms with E-state index in [2.05, 4.69) is 20.1 Å². The maximum Gasteiger partial charge on any atom is 0.193 e. The van der Waals surface area contributed by atoms with Crippen molar-refractivity contribution in [3.63, 3.8) is 0 Å². The van der Waals surface area contributed by atoms with Gasteiger partial charge in [0.05, 0.1) is 19.8 Å². The Bertz CT molecular complexity index is 622. The first-order chi connectivity index (χ1) is 13.1. The van der Waals surface area contributed by atoms with Crippen LogP contribution in [0.5, 0.6) is 5.75 Å². The van der Waals surface area contributed by atoms with E-state index < -0.39 is 0 Å². The van der Waals surface area contributed by atoms with Gasteiger partial charge in [-0.1, -0.05) is 6.07 Å². The number of morpholine rings is 1. The van der Waals surface area contributed by atoms with Gasteiger partial charge >= 0.3 is 0 Å². The minimum atomic E-state index is -0.285. The van der Waals surface area contributed by atoms with E-state index in [1.807, 2.05) is 14.0 Å². The quantitative estimate of drug-likeness (QED) is 0.605. The van der Waals surface area contributed by atoms with Crippen LogP contribution in [0.25, 0.3) is 0 Å². The summed E-state index contributed by atoms with van der Waals surface area (Å²) in [4.78, 5) is 9.25. The van der Waals surface area contributed by atoms with Gasteiger partial charge < -0.3 is 19.7 Å². The Hall–Kier alpha value is -1.86. The summed E-state index contributed by atoms with van der Waals surface area (Å²) in [5.41, 5.74) is 0. The second-order valence-corrected chi connectivity index (χ2v) is 7.33. The van der Waals surface area contributed by atoms with Crippen molar-refractivity contribution in [1.82, 2.24) is 15.1 Å². The van der Waals surface area contributed by atoms with E-state index in [9.17, 15) is 4.39 Å². The lowest BCUT2D eigenvalue weighted by Gasteiger charge is -2.29. The molecule has 6 nitrogen and oxygen atoms in total. The summed E-state index contributed by atoms with van der Waals surface area (Å²) in [6.07, 6.45) is 1.10. The van der Waals surface area contributed by atoms with E-state index in [-0.39, 0.29) is 11.9 Å². The number of likely N-dealkylation sites (tertiary alicyclic amines) is 1. The summed E-state index contributed by atoms with van der Waals surface area (Å²) in [6.45, 7) is 9.55. The topological polar surface area (TPSA) is 49.3 Å². The molecule has 0 aliphatic carbocycles. The molecule has 2 unspecified atom stereocenters. The Kier molecular flexibility index (Phi) is 7.29. The van der Waals surface area contributed by atoms with Gasteiger partial charge in [0.2, 0.25) is 0 Å². The molecule has 150 valence electrons. The largest absolute Gasteiger partial charge is 0.489 e. The first-order valence-corrected chi connectivity index (χ1v) is 9.82. The lowest BCUT2D eigenvalue weighted by molar-refractivity contribution is 0.0315. The normalized spacial score (nSPS) is 22.7. The molecule has 2 fully saturated rings. The molecular formula is C20H31FN4O2. The Balaban J connectivity index is 1.42. The lowest BCUT2D eigenvalue weighted by Crippen LogP contribution is -2.44. The fourth-order valence-corrected chi connectivity index (χ4v) is 3.70. The first-order valence-electron chi connectivity index (χ1n) is 9.82. The Morgan fingerprint density at radius 3 is 2.93 bits per heavy atom. The fraction of sp³-hybridized carbons (Fsp3) is 0.650. The number of nitrogens with one attached hydrogen (secondary N) is 1. The minimum absolute atomic E-state index is 0.0877. The maximum absolute atomic E-state index is 13.3. The number of guanidine groups is 1. The van der Waals surface area contributed by atoms with Crippen molar-refractivity contribution in [2.24, 2.45) is 10.9 Å². The molecule has 1 N–H and O–H groups in total. The predicted molar refractivity (Wildman–Crippen MR) is 105 cm³/mol. The molecule has 0 amide bonds. The highest BCUT2D eigenvalue weighted by molar-refractivity contribution is 5.80. The first kappa shape index (κ1) is 19.9. The van der Waals surface area contributed by atoms with Gasteiger partial charge in [0.25, 0.3) is 0 Å². The van der Waals surface area contributed by atoms with Crippen LogP contribution in [0.1, 0.15) is 13.3 Å². The van der Waals surface area contributed by atoms with Gasteiger partial charge in [0, 0.05) is 45.8 Å². The second-order valence-electron chi connectivity index (χ2n) is 7.33. The van der Waals surface area contributed by atoms with Gasteiger partial charge in [-0.05, 0) is 31.4 Å². The Morgan fingerprint density at radius 2 is 2.19 bits per heavy atom. The molecule has 0 radical (unpaired) electrons. The molecule has 0 bridgehead atoms. The summed E-state index contributed by atoms with van der Waals surface area (Å²) >= 11 is 0. The van der Waals surface area contributed by atoms with Gasteiger partial charge in [0.1, 0.15) is 17.7 Å². The zero-order valence-electron chi connectivity index (χ0n) is 16.4. The summed E-state index contributed by atoms with van der Waals surface area (Å²) in [5, 5.41) is 3.39. The van der Waals surface area contributed by atoms with E-state index in [4.69, 9.17) is 9.47 Å². The number of benzene rings is 1. The molecule has 7 heteroatoms. The van der Waals surface area contributed by atoms with E-state index in [1.165, 1.54) is 18.6 Å². The van der Waals surface area contributed by atoms with Gasteiger partial charge in [0.15, 0.2) is 5.96 Å². The van der Waals surface area contributed by atoms with E-state index in [0.29, 0.717) is 18.2 Å². The molecule has 2 heterocycles. The lowest BCUT2D eigenvalue weighted by atomic mass is 10.1. The molecule has 2 aliphatic rings. The third kappa shape index (κ3) is 6.07. The van der Waals surface area contributed by atoms with E-state index in [1.54, 1.807) is 12.1 Å². The van der Waals surface area contributed by atoms with Crippen molar-refractivity contribution < 1.29 is 13.9 Å². The summed E-state index contributed by atoms with van der Waals surface area (Å²) in [5.74, 6) is 1.84. The average Bonchev–Trinajstić information content (AvgIpc) is 3.11. The fourth-order valence-electron chi connectivity index (χ4n) is 3.70. The number of hydrogen-bond donors (Lipinski definition) is 1. The average molecular weight is 378 g/mol. The van der Waals surface area contributed by atoms with Crippen LogP contribution in [0.4, 0.5) is 4.39 Å². The van der Waals surface area contributed by atoms with Crippen LogP contribution in [0.2, 0.25) is 0 Å². The molecule has 0 aromatic heterocycles. The van der Waals surface area contributed by atoms with Crippen LogP contribution >= 0.6 is 0 Å². The number of hydrogen-bond acceptors (Lipinski definition) is 4. The van der Waals surface area contributed by atoms with E-state index >= 15 is 0 Å². The molecule has 27 heavy (non-hydrogen) atoms. The number of rotatable bonds is 6. The highest BCUT2D eigenvalue weighted by atomic mass is 19.1. The Labute approximate surface area is 161 Å². The molecule has 1 aromatic rings. The third-order valence-corrected chi connectivity index (χ3v) is 5.10. The number of nitrogens with zero attached hydrogens (tertiary/aromatic N) is 3. The third-order valence-electron chi connectivity index (χ3n) is 5.10. The standard InChI is InChI=1S/C20H31FN4O2/c1-16(27-19-5-3-4-18(21)12-19)13-23-20(22-2)25-7-6-17(15-25)14-24-8-10-26-11-9-24/h3-5,12,16-17H,6-11,13-15H2,1-2H3,(H,22,23). The van der Waals surface area contributed by atoms with Crippen LogP contribution < -0.4 is 10.1 Å². The van der Waals surface area contributed by atoms with Crippen LogP contribution in [-0.4, -0.2) is 81.4 Å². The molecule has 2 aliphatic heterocycles. The van der Waals surface area contributed by atoms with Crippen molar-refractivity contribution in [1.29, 1.82) is 0 Å². The van der Waals surface area contributed by atoms with Crippen molar-refractivity contribution in [3.8, 4) is 5.75 Å². The zero-order chi connectivity index (χ0) is 19.1. The number of ether oxygens (including phenoxy) is 2. The molecule has 2 saturated heterocycles. The van der Waals surface area contributed by atoms with Crippen molar-refractivity contribution in [2.45, 2.75) is 19.4 Å². The smallest absolute Gasteiger partial charge is 0.193 e. The molecule has 2 atom stereocenters.